The topological polar surface area (TPSA) is 12.0 Å². The van der Waals surface area contributed by atoms with E-state index in [0.29, 0.717) is 6.04 Å². The second-order valence-corrected chi connectivity index (χ2v) is 6.06. The Kier molecular flexibility index (Phi) is 5.58. The minimum Gasteiger partial charge on any atom is -0.310 e. The number of nitrogens with one attached hydrogen (secondary N) is 1. The normalized spacial score (nSPS) is 12.4. The van der Waals surface area contributed by atoms with Gasteiger partial charge in [-0.3, -0.25) is 0 Å². The molecule has 0 aliphatic rings. The summed E-state index contributed by atoms with van der Waals surface area (Å²) < 4.78 is 0. The summed E-state index contributed by atoms with van der Waals surface area (Å²) in [5.74, 6) is 0. The van der Waals surface area contributed by atoms with Crippen LogP contribution in [-0.4, -0.2) is 6.54 Å². The first-order valence-electron chi connectivity index (χ1n) is 7.96. The first-order chi connectivity index (χ1) is 10.1. The number of hydrogen-bond acceptors (Lipinski definition) is 1. The molecule has 2 aromatic rings. The molecule has 0 bridgehead atoms. The molecule has 2 rings (SSSR count). The molecule has 1 unspecified atom stereocenters. The third kappa shape index (κ3) is 4.44. The van der Waals surface area contributed by atoms with Gasteiger partial charge >= 0.3 is 0 Å². The van der Waals surface area contributed by atoms with E-state index < -0.39 is 0 Å². The van der Waals surface area contributed by atoms with E-state index in [2.05, 4.69) is 75.5 Å². The number of hydrogen-bond donors (Lipinski definition) is 1. The smallest absolute Gasteiger partial charge is 0.0363 e. The van der Waals surface area contributed by atoms with E-state index in [1.54, 1.807) is 0 Å². The summed E-state index contributed by atoms with van der Waals surface area (Å²) >= 11 is 0. The van der Waals surface area contributed by atoms with E-state index in [-0.39, 0.29) is 0 Å². The molecule has 0 radical (unpaired) electrons. The van der Waals surface area contributed by atoms with Crippen molar-refractivity contribution in [1.82, 2.24) is 5.32 Å². The minimum atomic E-state index is 0.396. The zero-order chi connectivity index (χ0) is 15.2. The van der Waals surface area contributed by atoms with Crippen molar-refractivity contribution in [3.8, 4) is 0 Å². The molecule has 0 fully saturated rings. The van der Waals surface area contributed by atoms with Gasteiger partial charge in [-0.2, -0.15) is 0 Å². The van der Waals surface area contributed by atoms with Crippen molar-refractivity contribution in [3.63, 3.8) is 0 Å². The van der Waals surface area contributed by atoms with Crippen molar-refractivity contribution in [2.24, 2.45) is 0 Å². The summed E-state index contributed by atoms with van der Waals surface area (Å²) in [6, 6.07) is 16.0. The Morgan fingerprint density at radius 1 is 0.952 bits per heavy atom. The molecule has 2 aromatic carbocycles. The number of aryl methyl sites for hydroxylation is 3. The number of benzene rings is 2. The van der Waals surface area contributed by atoms with Crippen LogP contribution < -0.4 is 5.32 Å². The van der Waals surface area contributed by atoms with E-state index in [1.165, 1.54) is 27.8 Å². The Balaban J connectivity index is 2.26. The van der Waals surface area contributed by atoms with Crippen LogP contribution in [-0.2, 0) is 6.42 Å². The Morgan fingerprint density at radius 2 is 1.62 bits per heavy atom. The van der Waals surface area contributed by atoms with Gasteiger partial charge in [0, 0.05) is 6.04 Å². The van der Waals surface area contributed by atoms with Gasteiger partial charge in [0.05, 0.1) is 0 Å². The van der Waals surface area contributed by atoms with Gasteiger partial charge in [-0.25, -0.2) is 0 Å². The highest BCUT2D eigenvalue weighted by atomic mass is 14.9. The van der Waals surface area contributed by atoms with Gasteiger partial charge < -0.3 is 5.32 Å². The third-order valence-electron chi connectivity index (χ3n) is 3.93. The fraction of sp³-hybridized carbons (Fsp3) is 0.400. The third-order valence-corrected chi connectivity index (χ3v) is 3.93. The molecule has 1 N–H and O–H groups in total. The van der Waals surface area contributed by atoms with E-state index in [9.17, 15) is 0 Å². The fourth-order valence-corrected chi connectivity index (χ4v) is 3.01. The van der Waals surface area contributed by atoms with Crippen LogP contribution in [0.5, 0.6) is 0 Å². The lowest BCUT2D eigenvalue weighted by atomic mass is 9.94. The number of rotatable bonds is 6. The lowest BCUT2D eigenvalue weighted by molar-refractivity contribution is 0.527. The predicted octanol–water partition coefficient (Wildman–Crippen LogP) is 4.90. The van der Waals surface area contributed by atoms with E-state index in [4.69, 9.17) is 0 Å². The maximum Gasteiger partial charge on any atom is 0.0363 e. The molecule has 0 saturated heterocycles. The first kappa shape index (κ1) is 15.8. The van der Waals surface area contributed by atoms with E-state index in [1.807, 2.05) is 0 Å². The van der Waals surface area contributed by atoms with Crippen LogP contribution in [0.15, 0.2) is 42.5 Å². The van der Waals surface area contributed by atoms with Gasteiger partial charge in [0.1, 0.15) is 0 Å². The summed E-state index contributed by atoms with van der Waals surface area (Å²) in [6.45, 7) is 9.84. The molecule has 0 aliphatic carbocycles. The lowest BCUT2D eigenvalue weighted by Crippen LogP contribution is -2.24. The Bertz CT molecular complexity index is 566. The largest absolute Gasteiger partial charge is 0.310 e. The zero-order valence-corrected chi connectivity index (χ0v) is 13.7. The Morgan fingerprint density at radius 3 is 2.24 bits per heavy atom. The van der Waals surface area contributed by atoms with Gasteiger partial charge in [-0.15, -0.1) is 0 Å². The van der Waals surface area contributed by atoms with Crippen LogP contribution >= 0.6 is 0 Å². The summed E-state index contributed by atoms with van der Waals surface area (Å²) in [5.41, 5.74) is 6.91. The van der Waals surface area contributed by atoms with Crippen molar-refractivity contribution in [3.05, 3.63) is 70.3 Å². The Hall–Kier alpha value is -1.60. The molecule has 21 heavy (non-hydrogen) atoms. The van der Waals surface area contributed by atoms with Crippen molar-refractivity contribution in [2.75, 3.05) is 6.54 Å². The molecule has 1 heteroatoms. The molecule has 0 saturated carbocycles. The Labute approximate surface area is 129 Å². The van der Waals surface area contributed by atoms with Crippen molar-refractivity contribution < 1.29 is 0 Å². The fourth-order valence-electron chi connectivity index (χ4n) is 3.01. The molecule has 1 atom stereocenters. The SMILES string of the molecule is CCCNC(Cc1cc(C)cc(C)c1)c1ccccc1C. The average Bonchev–Trinajstić information content (AvgIpc) is 2.43. The quantitative estimate of drug-likeness (QED) is 0.794. The minimum absolute atomic E-state index is 0.396. The van der Waals surface area contributed by atoms with Crippen LogP contribution in [0.4, 0.5) is 0 Å². The molecule has 0 amide bonds. The van der Waals surface area contributed by atoms with Crippen LogP contribution in [0.3, 0.4) is 0 Å². The van der Waals surface area contributed by atoms with Crippen LogP contribution in [0, 0.1) is 20.8 Å². The molecule has 0 spiro atoms. The van der Waals surface area contributed by atoms with Crippen molar-refractivity contribution in [2.45, 2.75) is 46.6 Å². The predicted molar refractivity (Wildman–Crippen MR) is 91.8 cm³/mol. The van der Waals surface area contributed by atoms with Gasteiger partial charge in [0.2, 0.25) is 0 Å². The molecular formula is C20H27N. The summed E-state index contributed by atoms with van der Waals surface area (Å²) in [4.78, 5) is 0. The van der Waals surface area contributed by atoms with Crippen LogP contribution in [0.25, 0.3) is 0 Å². The monoisotopic (exact) mass is 281 g/mol. The molecule has 1 nitrogen and oxygen atoms in total. The highest BCUT2D eigenvalue weighted by Crippen LogP contribution is 2.23. The molecule has 0 aromatic heterocycles. The highest BCUT2D eigenvalue weighted by molar-refractivity contribution is 5.33. The molecular weight excluding hydrogens is 254 g/mol. The summed E-state index contributed by atoms with van der Waals surface area (Å²) in [5, 5.41) is 3.71. The van der Waals surface area contributed by atoms with Crippen LogP contribution in [0.1, 0.15) is 47.2 Å². The van der Waals surface area contributed by atoms with Gasteiger partial charge in [-0.1, -0.05) is 60.5 Å². The van der Waals surface area contributed by atoms with Gasteiger partial charge in [0.25, 0.3) is 0 Å². The van der Waals surface area contributed by atoms with Crippen molar-refractivity contribution in [1.29, 1.82) is 0 Å². The van der Waals surface area contributed by atoms with Gasteiger partial charge in [-0.05, 0) is 56.8 Å². The summed E-state index contributed by atoms with van der Waals surface area (Å²) in [6.07, 6.45) is 2.21. The maximum atomic E-state index is 3.71. The van der Waals surface area contributed by atoms with Crippen LogP contribution in [0.2, 0.25) is 0 Å². The zero-order valence-electron chi connectivity index (χ0n) is 13.7. The van der Waals surface area contributed by atoms with Crippen molar-refractivity contribution >= 4 is 0 Å². The van der Waals surface area contributed by atoms with E-state index in [0.717, 1.165) is 19.4 Å². The second-order valence-electron chi connectivity index (χ2n) is 6.06. The summed E-state index contributed by atoms with van der Waals surface area (Å²) in [7, 11) is 0. The maximum absolute atomic E-state index is 3.71. The molecule has 0 heterocycles. The average molecular weight is 281 g/mol. The lowest BCUT2D eigenvalue weighted by Gasteiger charge is -2.21. The standard InChI is InChI=1S/C20H27N/c1-5-10-21-20(19-9-7-6-8-17(19)4)14-18-12-15(2)11-16(3)13-18/h6-9,11-13,20-21H,5,10,14H2,1-4H3. The first-order valence-corrected chi connectivity index (χ1v) is 7.96. The molecule has 112 valence electrons. The second kappa shape index (κ2) is 7.42. The van der Waals surface area contributed by atoms with E-state index >= 15 is 0 Å². The van der Waals surface area contributed by atoms with Gasteiger partial charge in [0.15, 0.2) is 0 Å². The molecule has 0 aliphatic heterocycles. The highest BCUT2D eigenvalue weighted by Gasteiger charge is 2.13.